The number of hydrogen-bond donors (Lipinski definition) is 1. The number of nitrogens with zero attached hydrogens (tertiary/aromatic N) is 1. The molecule has 0 bridgehead atoms. The summed E-state index contributed by atoms with van der Waals surface area (Å²) in [5, 5.41) is 10.0. The minimum absolute atomic E-state index is 0.389. The van der Waals surface area contributed by atoms with Gasteiger partial charge in [-0.3, -0.25) is 0 Å². The molecule has 7 heteroatoms. The minimum atomic E-state index is -4.55. The zero-order valence-corrected chi connectivity index (χ0v) is 11.9. The number of alkyl halides is 2. The highest BCUT2D eigenvalue weighted by molar-refractivity contribution is 7.91. The van der Waals surface area contributed by atoms with Crippen molar-refractivity contribution >= 4 is 15.5 Å². The highest BCUT2D eigenvalue weighted by Crippen LogP contribution is 2.27. The third-order valence-corrected chi connectivity index (χ3v) is 4.84. The van der Waals surface area contributed by atoms with Gasteiger partial charge in [-0.1, -0.05) is 0 Å². The van der Waals surface area contributed by atoms with E-state index in [2.05, 4.69) is 0 Å². The fraction of sp³-hybridized carbons (Fsp3) is 0.538. The van der Waals surface area contributed by atoms with Crippen LogP contribution in [0.2, 0.25) is 0 Å². The van der Waals surface area contributed by atoms with E-state index in [0.29, 0.717) is 13.0 Å². The molecule has 1 aliphatic heterocycles. The van der Waals surface area contributed by atoms with Crippen LogP contribution in [0.25, 0.3) is 0 Å². The van der Waals surface area contributed by atoms with Crippen molar-refractivity contribution in [3.8, 4) is 0 Å². The number of benzene rings is 1. The molecule has 20 heavy (non-hydrogen) atoms. The molecule has 0 amide bonds. The molecule has 0 spiro atoms. The Morgan fingerprint density at radius 1 is 1.30 bits per heavy atom. The number of hydrogen-bond acceptors (Lipinski definition) is 4. The second-order valence-electron chi connectivity index (χ2n) is 5.32. The van der Waals surface area contributed by atoms with E-state index >= 15 is 0 Å². The van der Waals surface area contributed by atoms with Crippen LogP contribution in [-0.2, 0) is 9.84 Å². The number of aliphatic hydroxyl groups is 1. The predicted octanol–water partition coefficient (Wildman–Crippen LogP) is 2.03. The van der Waals surface area contributed by atoms with Gasteiger partial charge in [0.25, 0.3) is 0 Å². The van der Waals surface area contributed by atoms with E-state index in [-0.39, 0.29) is 4.90 Å². The number of β-amino-alcohol motifs (C(OH)–C–C–N with tert-alkyl or cyclic N) is 1. The molecular formula is C13H17F2NO3S. The quantitative estimate of drug-likeness (QED) is 0.928. The van der Waals surface area contributed by atoms with Crippen LogP contribution in [0.4, 0.5) is 14.5 Å². The molecule has 1 atom stereocenters. The Kier molecular flexibility index (Phi) is 4.02. The topological polar surface area (TPSA) is 57.6 Å². The maximum absolute atomic E-state index is 12.4. The van der Waals surface area contributed by atoms with Crippen LogP contribution in [0.5, 0.6) is 0 Å². The van der Waals surface area contributed by atoms with E-state index in [0.717, 1.165) is 18.7 Å². The van der Waals surface area contributed by atoms with Crippen molar-refractivity contribution in [1.82, 2.24) is 0 Å². The lowest BCUT2D eigenvalue weighted by molar-refractivity contribution is 0.0449. The maximum Gasteiger partial charge on any atom is 0.341 e. The van der Waals surface area contributed by atoms with Gasteiger partial charge in [0.2, 0.25) is 9.84 Å². The Morgan fingerprint density at radius 3 is 2.40 bits per heavy atom. The molecule has 0 saturated carbocycles. The molecule has 0 aliphatic carbocycles. The smallest absolute Gasteiger partial charge is 0.341 e. The highest BCUT2D eigenvalue weighted by atomic mass is 32.2. The second kappa shape index (κ2) is 5.29. The average molecular weight is 305 g/mol. The molecule has 1 aromatic carbocycles. The molecule has 1 N–H and O–H groups in total. The molecule has 1 aromatic rings. The van der Waals surface area contributed by atoms with Crippen molar-refractivity contribution in [2.24, 2.45) is 0 Å². The van der Waals surface area contributed by atoms with Crippen molar-refractivity contribution in [2.75, 3.05) is 18.0 Å². The van der Waals surface area contributed by atoms with E-state index in [1.54, 1.807) is 6.92 Å². The summed E-state index contributed by atoms with van der Waals surface area (Å²) in [5.74, 6) is -3.41. The van der Waals surface area contributed by atoms with Gasteiger partial charge in [0.05, 0.1) is 10.5 Å². The lowest BCUT2D eigenvalue weighted by atomic mass is 9.95. The predicted molar refractivity (Wildman–Crippen MR) is 71.7 cm³/mol. The van der Waals surface area contributed by atoms with Crippen LogP contribution in [0.3, 0.4) is 0 Å². The first-order valence-corrected chi connectivity index (χ1v) is 7.86. The summed E-state index contributed by atoms with van der Waals surface area (Å²) in [7, 11) is -4.55. The normalized spacial score (nSPS) is 24.1. The second-order valence-corrected chi connectivity index (χ2v) is 7.24. The first-order valence-electron chi connectivity index (χ1n) is 6.32. The fourth-order valence-corrected chi connectivity index (χ4v) is 3.11. The number of sulfone groups is 1. The van der Waals surface area contributed by atoms with Gasteiger partial charge in [0.1, 0.15) is 0 Å². The lowest BCUT2D eigenvalue weighted by Gasteiger charge is -2.38. The van der Waals surface area contributed by atoms with Crippen LogP contribution in [0, 0.1) is 0 Å². The third-order valence-electron chi connectivity index (χ3n) is 3.44. The van der Waals surface area contributed by atoms with Crippen LogP contribution in [0.15, 0.2) is 29.2 Å². The summed E-state index contributed by atoms with van der Waals surface area (Å²) in [4.78, 5) is 1.53. The molecule has 1 aliphatic rings. The summed E-state index contributed by atoms with van der Waals surface area (Å²) < 4.78 is 47.5. The van der Waals surface area contributed by atoms with E-state index < -0.39 is 21.2 Å². The Bertz CT molecular complexity index is 570. The SMILES string of the molecule is CC1(O)CCCN(c2ccc(S(=O)(=O)C(F)F)cc2)C1. The Balaban J connectivity index is 2.21. The van der Waals surface area contributed by atoms with Gasteiger partial charge in [0, 0.05) is 18.8 Å². The van der Waals surface area contributed by atoms with E-state index in [1.165, 1.54) is 24.3 Å². The van der Waals surface area contributed by atoms with E-state index in [4.69, 9.17) is 0 Å². The fourth-order valence-electron chi connectivity index (χ4n) is 2.39. The van der Waals surface area contributed by atoms with Crippen molar-refractivity contribution in [3.05, 3.63) is 24.3 Å². The number of piperidine rings is 1. The lowest BCUT2D eigenvalue weighted by Crippen LogP contribution is -2.46. The first-order chi connectivity index (χ1) is 9.22. The molecule has 0 aromatic heterocycles. The van der Waals surface area contributed by atoms with Gasteiger partial charge in [-0.05, 0) is 44.0 Å². The Hall–Kier alpha value is -1.21. The highest BCUT2D eigenvalue weighted by Gasteiger charge is 2.29. The number of rotatable bonds is 3. The van der Waals surface area contributed by atoms with Gasteiger partial charge >= 0.3 is 5.76 Å². The standard InChI is InChI=1S/C13H17F2NO3S/c1-13(17)7-2-8-16(9-13)10-3-5-11(6-4-10)20(18,19)12(14)15/h3-6,12,17H,2,7-9H2,1H3. The van der Waals surface area contributed by atoms with Crippen LogP contribution in [-0.4, -0.2) is 38.0 Å². The van der Waals surface area contributed by atoms with Crippen LogP contribution in [0.1, 0.15) is 19.8 Å². The summed E-state index contributed by atoms with van der Waals surface area (Å²) in [5.41, 5.74) is -0.0652. The molecule has 1 heterocycles. The number of anilines is 1. The molecule has 1 unspecified atom stereocenters. The van der Waals surface area contributed by atoms with E-state index in [9.17, 15) is 22.3 Å². The summed E-state index contributed by atoms with van der Waals surface area (Å²) in [6.07, 6.45) is 1.53. The monoisotopic (exact) mass is 305 g/mol. The number of halogens is 2. The summed E-state index contributed by atoms with van der Waals surface area (Å²) in [6.45, 7) is 2.93. The molecular weight excluding hydrogens is 288 g/mol. The van der Waals surface area contributed by atoms with Crippen LogP contribution < -0.4 is 4.90 Å². The summed E-state index contributed by atoms with van der Waals surface area (Å²) in [6, 6.07) is 5.35. The minimum Gasteiger partial charge on any atom is -0.388 e. The van der Waals surface area contributed by atoms with E-state index in [1.807, 2.05) is 4.90 Å². The summed E-state index contributed by atoms with van der Waals surface area (Å²) >= 11 is 0. The van der Waals surface area contributed by atoms with Crippen molar-refractivity contribution in [3.63, 3.8) is 0 Å². The molecule has 2 rings (SSSR count). The van der Waals surface area contributed by atoms with Crippen molar-refractivity contribution < 1.29 is 22.3 Å². The third kappa shape index (κ3) is 3.09. The maximum atomic E-state index is 12.4. The molecule has 0 radical (unpaired) electrons. The molecule has 1 saturated heterocycles. The molecule has 1 fully saturated rings. The van der Waals surface area contributed by atoms with Crippen LogP contribution >= 0.6 is 0 Å². The van der Waals surface area contributed by atoms with Gasteiger partial charge in [-0.2, -0.15) is 8.78 Å². The Labute approximate surface area is 116 Å². The van der Waals surface area contributed by atoms with Gasteiger partial charge in [-0.15, -0.1) is 0 Å². The first kappa shape index (κ1) is 15.2. The largest absolute Gasteiger partial charge is 0.388 e. The van der Waals surface area contributed by atoms with Crippen molar-refractivity contribution in [1.29, 1.82) is 0 Å². The van der Waals surface area contributed by atoms with Gasteiger partial charge in [-0.25, -0.2) is 8.42 Å². The molecule has 4 nitrogen and oxygen atoms in total. The zero-order valence-electron chi connectivity index (χ0n) is 11.1. The Morgan fingerprint density at radius 2 is 1.90 bits per heavy atom. The average Bonchev–Trinajstić information content (AvgIpc) is 2.37. The molecule has 112 valence electrons. The van der Waals surface area contributed by atoms with Gasteiger partial charge in [0.15, 0.2) is 0 Å². The zero-order chi connectivity index (χ0) is 15.0. The van der Waals surface area contributed by atoms with Gasteiger partial charge < -0.3 is 10.0 Å². The van der Waals surface area contributed by atoms with Crippen molar-refractivity contribution in [2.45, 2.75) is 36.0 Å².